The Balaban J connectivity index is 1.52. The van der Waals surface area contributed by atoms with Gasteiger partial charge < -0.3 is 10.1 Å². The quantitative estimate of drug-likeness (QED) is 0.445. The predicted octanol–water partition coefficient (Wildman–Crippen LogP) is 3.66. The van der Waals surface area contributed by atoms with Crippen LogP contribution in [0.2, 0.25) is 0 Å². The smallest absolute Gasteiger partial charge is 0.338 e. The lowest BCUT2D eigenvalue weighted by atomic mass is 10.1. The molecule has 204 valence electrons. The van der Waals surface area contributed by atoms with Crippen molar-refractivity contribution in [2.75, 3.05) is 11.9 Å². The van der Waals surface area contributed by atoms with Crippen LogP contribution in [0.25, 0.3) is 0 Å². The van der Waals surface area contributed by atoms with Crippen molar-refractivity contribution < 1.29 is 27.5 Å². The standard InChI is InChI=1S/C28H30N4O6S/c1-28(2,3)38-25(33)15-19-5-7-21(8-6-19)18-32-27(35)31(4)23-10-9-22(16-24(23)39(32,36)37)26(34)30-17-20-11-13-29-14-12-20/h5-14,16H,15,17-18H2,1-4H3,(H,30,34). The van der Waals surface area contributed by atoms with Crippen LogP contribution in [0, 0.1) is 0 Å². The van der Waals surface area contributed by atoms with Crippen LogP contribution in [-0.4, -0.2) is 48.3 Å². The number of amides is 3. The van der Waals surface area contributed by atoms with Crippen molar-refractivity contribution in [3.05, 3.63) is 89.2 Å². The Kier molecular flexibility index (Phi) is 7.73. The lowest BCUT2D eigenvalue weighted by molar-refractivity contribution is -0.153. The van der Waals surface area contributed by atoms with Gasteiger partial charge in [-0.2, -0.15) is 0 Å². The van der Waals surface area contributed by atoms with Crippen LogP contribution < -0.4 is 10.2 Å². The molecule has 3 amide bonds. The molecule has 1 aliphatic heterocycles. The first-order valence-electron chi connectivity index (χ1n) is 12.3. The van der Waals surface area contributed by atoms with E-state index in [9.17, 15) is 22.8 Å². The highest BCUT2D eigenvalue weighted by atomic mass is 32.2. The summed E-state index contributed by atoms with van der Waals surface area (Å²) >= 11 is 0. The number of ether oxygens (including phenoxy) is 1. The second-order valence-electron chi connectivity index (χ2n) is 10.2. The third-order valence-electron chi connectivity index (χ3n) is 5.97. The summed E-state index contributed by atoms with van der Waals surface area (Å²) in [6.07, 6.45) is 3.30. The largest absolute Gasteiger partial charge is 0.460 e. The zero-order valence-electron chi connectivity index (χ0n) is 22.2. The topological polar surface area (TPSA) is 126 Å². The van der Waals surface area contributed by atoms with Crippen molar-refractivity contribution in [1.82, 2.24) is 14.6 Å². The van der Waals surface area contributed by atoms with Gasteiger partial charge in [0.15, 0.2) is 0 Å². The molecule has 0 radical (unpaired) electrons. The third kappa shape index (κ3) is 6.43. The molecule has 0 saturated carbocycles. The van der Waals surface area contributed by atoms with Crippen molar-refractivity contribution in [1.29, 1.82) is 0 Å². The van der Waals surface area contributed by atoms with Gasteiger partial charge in [0.25, 0.3) is 15.9 Å². The van der Waals surface area contributed by atoms with E-state index in [2.05, 4.69) is 10.3 Å². The molecular formula is C28H30N4O6S. The average Bonchev–Trinajstić information content (AvgIpc) is 2.89. The first-order chi connectivity index (χ1) is 18.3. The Morgan fingerprint density at radius 1 is 0.949 bits per heavy atom. The van der Waals surface area contributed by atoms with Crippen LogP contribution in [0.4, 0.5) is 10.5 Å². The van der Waals surface area contributed by atoms with Crippen molar-refractivity contribution in [2.24, 2.45) is 0 Å². The molecule has 0 fully saturated rings. The Labute approximate surface area is 227 Å². The average molecular weight is 551 g/mol. The Hall–Kier alpha value is -4.25. The zero-order valence-corrected chi connectivity index (χ0v) is 23.0. The van der Waals surface area contributed by atoms with E-state index in [1.165, 1.54) is 30.1 Å². The van der Waals surface area contributed by atoms with E-state index in [4.69, 9.17) is 4.74 Å². The molecule has 0 spiro atoms. The SMILES string of the molecule is CN1C(=O)N(Cc2ccc(CC(=O)OC(C)(C)C)cc2)S(=O)(=O)c2cc(C(=O)NCc3ccncc3)ccc21. The maximum atomic E-state index is 13.5. The fourth-order valence-corrected chi connectivity index (χ4v) is 5.67. The highest BCUT2D eigenvalue weighted by Crippen LogP contribution is 2.35. The molecule has 1 aliphatic rings. The minimum absolute atomic E-state index is 0.0700. The summed E-state index contributed by atoms with van der Waals surface area (Å²) in [7, 11) is -2.77. The van der Waals surface area contributed by atoms with Crippen LogP contribution in [0.5, 0.6) is 0 Å². The van der Waals surface area contributed by atoms with Gasteiger partial charge >= 0.3 is 12.0 Å². The molecule has 0 bridgehead atoms. The summed E-state index contributed by atoms with van der Waals surface area (Å²) < 4.78 is 33.2. The molecule has 1 aromatic heterocycles. The molecule has 10 nitrogen and oxygen atoms in total. The molecule has 39 heavy (non-hydrogen) atoms. The molecule has 0 aliphatic carbocycles. The van der Waals surface area contributed by atoms with Gasteiger partial charge in [0.1, 0.15) is 10.5 Å². The van der Waals surface area contributed by atoms with Gasteiger partial charge in [0, 0.05) is 31.5 Å². The second kappa shape index (κ2) is 10.9. The highest BCUT2D eigenvalue weighted by molar-refractivity contribution is 7.90. The van der Waals surface area contributed by atoms with Crippen molar-refractivity contribution in [3.63, 3.8) is 0 Å². The van der Waals surface area contributed by atoms with E-state index >= 15 is 0 Å². The second-order valence-corrected chi connectivity index (χ2v) is 12.0. The number of nitrogens with zero attached hydrogens (tertiary/aromatic N) is 3. The maximum Gasteiger partial charge on any atom is 0.338 e. The lowest BCUT2D eigenvalue weighted by Gasteiger charge is -2.34. The summed E-state index contributed by atoms with van der Waals surface area (Å²) in [6, 6.07) is 13.8. The van der Waals surface area contributed by atoms with E-state index in [0.717, 1.165) is 9.87 Å². The van der Waals surface area contributed by atoms with Crippen LogP contribution in [-0.2, 0) is 39.1 Å². The Bertz CT molecular complexity index is 1500. The number of carbonyl (C=O) groups excluding carboxylic acids is 3. The van der Waals surface area contributed by atoms with Gasteiger partial charge in [-0.1, -0.05) is 24.3 Å². The van der Waals surface area contributed by atoms with Gasteiger partial charge in [-0.25, -0.2) is 17.5 Å². The number of benzene rings is 2. The zero-order chi connectivity index (χ0) is 28.4. The molecule has 4 rings (SSSR count). The minimum atomic E-state index is -4.26. The summed E-state index contributed by atoms with van der Waals surface area (Å²) in [5, 5.41) is 2.76. The first-order valence-corrected chi connectivity index (χ1v) is 13.7. The minimum Gasteiger partial charge on any atom is -0.460 e. The molecule has 2 heterocycles. The Morgan fingerprint density at radius 3 is 2.23 bits per heavy atom. The third-order valence-corrected chi connectivity index (χ3v) is 7.72. The fourth-order valence-electron chi connectivity index (χ4n) is 4.04. The van der Waals surface area contributed by atoms with Gasteiger partial charge in [-0.05, 0) is 67.8 Å². The van der Waals surface area contributed by atoms with E-state index in [0.29, 0.717) is 11.1 Å². The summed E-state index contributed by atoms with van der Waals surface area (Å²) in [5.74, 6) is -0.820. The van der Waals surface area contributed by atoms with E-state index in [-0.39, 0.29) is 41.6 Å². The molecule has 2 aromatic carbocycles. The number of esters is 1. The van der Waals surface area contributed by atoms with E-state index < -0.39 is 27.6 Å². The monoisotopic (exact) mass is 550 g/mol. The number of aromatic nitrogens is 1. The number of sulfonamides is 1. The summed E-state index contributed by atoms with van der Waals surface area (Å²) in [6.45, 7) is 5.40. The van der Waals surface area contributed by atoms with Crippen molar-refractivity contribution >= 4 is 33.6 Å². The van der Waals surface area contributed by atoms with Crippen LogP contribution >= 0.6 is 0 Å². The number of fused-ring (bicyclic) bond motifs is 1. The van der Waals surface area contributed by atoms with E-state index in [1.54, 1.807) is 69.6 Å². The number of rotatable bonds is 7. The molecule has 0 saturated heterocycles. The number of hydrogen-bond donors (Lipinski definition) is 1. The van der Waals surface area contributed by atoms with Gasteiger partial charge in [0.05, 0.1) is 18.7 Å². The normalized spacial score (nSPS) is 14.5. The maximum absolute atomic E-state index is 13.5. The fraction of sp³-hybridized carbons (Fsp3) is 0.286. The number of anilines is 1. The molecule has 11 heteroatoms. The summed E-state index contributed by atoms with van der Waals surface area (Å²) in [4.78, 5) is 43.0. The van der Waals surface area contributed by atoms with Crippen molar-refractivity contribution in [3.8, 4) is 0 Å². The summed E-state index contributed by atoms with van der Waals surface area (Å²) in [5.41, 5.74) is 1.85. The number of hydrogen-bond acceptors (Lipinski definition) is 7. The highest BCUT2D eigenvalue weighted by Gasteiger charge is 2.40. The van der Waals surface area contributed by atoms with Crippen LogP contribution in [0.15, 0.2) is 71.9 Å². The molecular weight excluding hydrogens is 520 g/mol. The van der Waals surface area contributed by atoms with Gasteiger partial charge in [-0.15, -0.1) is 0 Å². The predicted molar refractivity (Wildman–Crippen MR) is 144 cm³/mol. The van der Waals surface area contributed by atoms with Crippen LogP contribution in [0.1, 0.15) is 47.8 Å². The first kappa shape index (κ1) is 27.8. The number of carbonyl (C=O) groups is 3. The molecule has 0 atom stereocenters. The molecule has 3 aromatic rings. The van der Waals surface area contributed by atoms with Crippen LogP contribution in [0.3, 0.4) is 0 Å². The number of urea groups is 1. The van der Waals surface area contributed by atoms with Gasteiger partial charge in [-0.3, -0.25) is 19.5 Å². The molecule has 0 unspecified atom stereocenters. The van der Waals surface area contributed by atoms with Crippen molar-refractivity contribution in [2.45, 2.75) is 50.8 Å². The lowest BCUT2D eigenvalue weighted by Crippen LogP contribution is -2.48. The Morgan fingerprint density at radius 2 is 1.59 bits per heavy atom. The number of pyridine rings is 1. The van der Waals surface area contributed by atoms with Gasteiger partial charge in [0.2, 0.25) is 0 Å². The van der Waals surface area contributed by atoms with E-state index in [1.807, 2.05) is 0 Å². The number of nitrogens with one attached hydrogen (secondary N) is 1. The molecule has 1 N–H and O–H groups in total.